The Morgan fingerprint density at radius 1 is 1.56 bits per heavy atom. The highest BCUT2D eigenvalue weighted by molar-refractivity contribution is 5.85. The highest BCUT2D eigenvalue weighted by Crippen LogP contribution is 2.11. The molecule has 2 unspecified atom stereocenters. The molecule has 1 fully saturated rings. The molecule has 1 heterocycles. The number of hydrogen-bond acceptors (Lipinski definition) is 2. The van der Waals surface area contributed by atoms with E-state index in [1.54, 1.807) is 0 Å². The molecule has 1 aliphatic heterocycles. The zero-order valence-corrected chi connectivity index (χ0v) is 6.49. The number of nitrogens with two attached hydrogens (primary N) is 1. The number of hydrogen-bond donors (Lipinski definition) is 1. The van der Waals surface area contributed by atoms with Crippen molar-refractivity contribution < 1.29 is 4.74 Å². The van der Waals surface area contributed by atoms with Crippen molar-refractivity contribution in [1.82, 2.24) is 0 Å². The molecule has 2 nitrogen and oxygen atoms in total. The molecule has 2 N–H and O–H groups in total. The highest BCUT2D eigenvalue weighted by atomic mass is 35.5. The van der Waals surface area contributed by atoms with Crippen molar-refractivity contribution >= 4 is 12.4 Å². The summed E-state index contributed by atoms with van der Waals surface area (Å²) in [5, 5.41) is 0. The van der Waals surface area contributed by atoms with E-state index in [1.165, 1.54) is 0 Å². The zero-order chi connectivity index (χ0) is 5.98. The average molecular weight is 152 g/mol. The Labute approximate surface area is 62.2 Å². The van der Waals surface area contributed by atoms with Crippen molar-refractivity contribution in [3.8, 4) is 0 Å². The van der Waals surface area contributed by atoms with Gasteiger partial charge in [0.15, 0.2) is 0 Å². The molecule has 1 aliphatic rings. The van der Waals surface area contributed by atoms with E-state index in [1.807, 2.05) is 0 Å². The van der Waals surface area contributed by atoms with Gasteiger partial charge in [-0.2, -0.15) is 0 Å². The molecule has 0 aromatic carbocycles. The molecule has 0 spiro atoms. The van der Waals surface area contributed by atoms with E-state index in [-0.39, 0.29) is 18.4 Å². The maximum Gasteiger partial charge on any atom is 0.0620 e. The first-order chi connectivity index (χ1) is 3.80. The summed E-state index contributed by atoms with van der Waals surface area (Å²) in [7, 11) is 0. The molecule has 9 heavy (non-hydrogen) atoms. The van der Waals surface area contributed by atoms with Gasteiger partial charge in [-0.25, -0.2) is 0 Å². The minimum atomic E-state index is 0. The third-order valence-electron chi connectivity index (χ3n) is 1.76. The molecule has 1 rings (SSSR count). The van der Waals surface area contributed by atoms with Gasteiger partial charge in [0.1, 0.15) is 0 Å². The molecular weight excluding hydrogens is 138 g/mol. The van der Waals surface area contributed by atoms with Crippen molar-refractivity contribution in [2.75, 3.05) is 13.2 Å². The minimum absolute atomic E-state index is 0. The van der Waals surface area contributed by atoms with E-state index < -0.39 is 0 Å². The van der Waals surface area contributed by atoms with Crippen LogP contribution in [0.15, 0.2) is 0 Å². The molecule has 3 heteroatoms. The molecule has 0 bridgehead atoms. The van der Waals surface area contributed by atoms with Crippen LogP contribution in [0.5, 0.6) is 0 Å². The molecule has 0 radical (unpaired) electrons. The van der Waals surface area contributed by atoms with Crippen LogP contribution in [0.1, 0.15) is 13.3 Å². The Bertz CT molecular complexity index is 69.5. The molecule has 56 valence electrons. The van der Waals surface area contributed by atoms with Crippen LogP contribution in [0.2, 0.25) is 0 Å². The van der Waals surface area contributed by atoms with Crippen molar-refractivity contribution in [1.29, 1.82) is 0 Å². The Morgan fingerprint density at radius 2 is 2.22 bits per heavy atom. The highest BCUT2D eigenvalue weighted by Gasteiger charge is 2.16. The SMILES string of the molecule is CC1CCOCC1N.Cl. The van der Waals surface area contributed by atoms with E-state index >= 15 is 0 Å². The predicted molar refractivity (Wildman–Crippen MR) is 39.8 cm³/mol. The first-order valence-electron chi connectivity index (χ1n) is 3.14. The standard InChI is InChI=1S/C6H13NO.ClH/c1-5-2-3-8-4-6(5)7;/h5-6H,2-4,7H2,1H3;1H. The summed E-state index contributed by atoms with van der Waals surface area (Å²) in [6.07, 6.45) is 1.13. The van der Waals surface area contributed by atoms with Crippen LogP contribution in [-0.4, -0.2) is 19.3 Å². The van der Waals surface area contributed by atoms with Crippen LogP contribution in [0.3, 0.4) is 0 Å². The molecule has 0 amide bonds. The normalized spacial score (nSPS) is 35.3. The van der Waals surface area contributed by atoms with Gasteiger partial charge in [0.2, 0.25) is 0 Å². The van der Waals surface area contributed by atoms with Gasteiger partial charge >= 0.3 is 0 Å². The van der Waals surface area contributed by atoms with Crippen LogP contribution < -0.4 is 5.73 Å². The number of rotatable bonds is 0. The van der Waals surface area contributed by atoms with Crippen LogP contribution in [0, 0.1) is 5.92 Å². The van der Waals surface area contributed by atoms with Gasteiger partial charge in [0.05, 0.1) is 6.61 Å². The summed E-state index contributed by atoms with van der Waals surface area (Å²) < 4.78 is 5.13. The van der Waals surface area contributed by atoms with E-state index in [2.05, 4.69) is 6.92 Å². The second-order valence-corrected chi connectivity index (χ2v) is 2.50. The first-order valence-corrected chi connectivity index (χ1v) is 3.14. The number of halogens is 1. The molecule has 0 aromatic heterocycles. The zero-order valence-electron chi connectivity index (χ0n) is 5.67. The van der Waals surface area contributed by atoms with Crippen LogP contribution >= 0.6 is 12.4 Å². The van der Waals surface area contributed by atoms with Gasteiger partial charge in [0, 0.05) is 12.6 Å². The fraction of sp³-hybridized carbons (Fsp3) is 1.00. The second-order valence-electron chi connectivity index (χ2n) is 2.50. The van der Waals surface area contributed by atoms with Crippen molar-refractivity contribution in [2.45, 2.75) is 19.4 Å². The molecular formula is C6H14ClNO. The molecule has 0 aromatic rings. The summed E-state index contributed by atoms with van der Waals surface area (Å²) >= 11 is 0. The Hall–Kier alpha value is 0.210. The molecule has 2 atom stereocenters. The van der Waals surface area contributed by atoms with Gasteiger partial charge in [-0.15, -0.1) is 12.4 Å². The fourth-order valence-electron chi connectivity index (χ4n) is 0.867. The lowest BCUT2D eigenvalue weighted by molar-refractivity contribution is 0.0546. The smallest absolute Gasteiger partial charge is 0.0620 e. The van der Waals surface area contributed by atoms with E-state index in [4.69, 9.17) is 10.5 Å². The van der Waals surface area contributed by atoms with Gasteiger partial charge < -0.3 is 10.5 Å². The molecule has 0 saturated carbocycles. The Morgan fingerprint density at radius 3 is 2.56 bits per heavy atom. The lowest BCUT2D eigenvalue weighted by Crippen LogP contribution is -2.37. The van der Waals surface area contributed by atoms with E-state index in [0.29, 0.717) is 5.92 Å². The molecule has 0 aliphatic carbocycles. The summed E-state index contributed by atoms with van der Waals surface area (Å²) in [6, 6.07) is 0.281. The van der Waals surface area contributed by atoms with Crippen LogP contribution in [0.4, 0.5) is 0 Å². The van der Waals surface area contributed by atoms with Crippen molar-refractivity contribution in [3.05, 3.63) is 0 Å². The Kier molecular flexibility index (Phi) is 4.19. The predicted octanol–water partition coefficient (Wildman–Crippen LogP) is 0.792. The summed E-state index contributed by atoms with van der Waals surface area (Å²) in [5.74, 6) is 0.656. The first kappa shape index (κ1) is 9.21. The number of ether oxygens (including phenoxy) is 1. The van der Waals surface area contributed by atoms with Crippen molar-refractivity contribution in [2.24, 2.45) is 11.7 Å². The van der Waals surface area contributed by atoms with Gasteiger partial charge in [0.25, 0.3) is 0 Å². The largest absolute Gasteiger partial charge is 0.380 e. The average Bonchev–Trinajstić information content (AvgIpc) is 1.77. The van der Waals surface area contributed by atoms with Gasteiger partial charge in [-0.05, 0) is 12.3 Å². The maximum atomic E-state index is 5.65. The third kappa shape index (κ3) is 2.52. The van der Waals surface area contributed by atoms with Crippen LogP contribution in [0.25, 0.3) is 0 Å². The van der Waals surface area contributed by atoms with Crippen molar-refractivity contribution in [3.63, 3.8) is 0 Å². The minimum Gasteiger partial charge on any atom is -0.380 e. The monoisotopic (exact) mass is 151 g/mol. The third-order valence-corrected chi connectivity index (χ3v) is 1.76. The van der Waals surface area contributed by atoms with Crippen LogP contribution in [-0.2, 0) is 4.74 Å². The second kappa shape index (κ2) is 4.09. The molecule has 1 saturated heterocycles. The summed E-state index contributed by atoms with van der Waals surface area (Å²) in [5.41, 5.74) is 5.65. The fourth-order valence-corrected chi connectivity index (χ4v) is 0.867. The van der Waals surface area contributed by atoms with E-state index in [9.17, 15) is 0 Å². The quantitative estimate of drug-likeness (QED) is 0.556. The lowest BCUT2D eigenvalue weighted by atomic mass is 9.98. The summed E-state index contributed by atoms with van der Waals surface area (Å²) in [4.78, 5) is 0. The summed E-state index contributed by atoms with van der Waals surface area (Å²) in [6.45, 7) is 3.82. The Balaban J connectivity index is 0.000000640. The van der Waals surface area contributed by atoms with Gasteiger partial charge in [-0.1, -0.05) is 6.92 Å². The topological polar surface area (TPSA) is 35.2 Å². The van der Waals surface area contributed by atoms with Gasteiger partial charge in [-0.3, -0.25) is 0 Å². The maximum absolute atomic E-state index is 5.65. The van der Waals surface area contributed by atoms with E-state index in [0.717, 1.165) is 19.6 Å². The lowest BCUT2D eigenvalue weighted by Gasteiger charge is -2.24.